The summed E-state index contributed by atoms with van der Waals surface area (Å²) in [6, 6.07) is 0. The van der Waals surface area contributed by atoms with Crippen molar-refractivity contribution in [2.24, 2.45) is 0 Å². The van der Waals surface area contributed by atoms with Crippen molar-refractivity contribution in [3.8, 4) is 0 Å². The standard InChI is InChI=1S/C14H16N4/c1-2-9(1)11-7-16-14-12(11)13(17-8-18-14)10-3-5-15-6-4-10/h3,7-9,15H,1-2,4-6H2,(H,16,17,18). The van der Waals surface area contributed by atoms with E-state index in [1.54, 1.807) is 6.33 Å². The van der Waals surface area contributed by atoms with Crippen molar-refractivity contribution in [1.29, 1.82) is 0 Å². The third kappa shape index (κ3) is 1.56. The van der Waals surface area contributed by atoms with Crippen molar-refractivity contribution < 1.29 is 0 Å². The summed E-state index contributed by atoms with van der Waals surface area (Å²) in [6.07, 6.45) is 9.73. The van der Waals surface area contributed by atoms with Crippen LogP contribution in [-0.4, -0.2) is 28.0 Å². The zero-order valence-electron chi connectivity index (χ0n) is 10.2. The van der Waals surface area contributed by atoms with Crippen LogP contribution in [0.3, 0.4) is 0 Å². The van der Waals surface area contributed by atoms with Crippen LogP contribution in [-0.2, 0) is 0 Å². The van der Waals surface area contributed by atoms with Crippen molar-refractivity contribution in [2.75, 3.05) is 13.1 Å². The lowest BCUT2D eigenvalue weighted by molar-refractivity contribution is 0.737. The van der Waals surface area contributed by atoms with Crippen molar-refractivity contribution in [2.45, 2.75) is 25.2 Å². The maximum Gasteiger partial charge on any atom is 0.141 e. The molecule has 1 aliphatic carbocycles. The maximum absolute atomic E-state index is 4.55. The molecular weight excluding hydrogens is 224 g/mol. The summed E-state index contributed by atoms with van der Waals surface area (Å²) in [5.41, 5.74) is 4.91. The molecule has 0 atom stereocenters. The molecule has 18 heavy (non-hydrogen) atoms. The van der Waals surface area contributed by atoms with Gasteiger partial charge in [-0.25, -0.2) is 9.97 Å². The normalized spacial score (nSPS) is 20.1. The predicted molar refractivity (Wildman–Crippen MR) is 71.3 cm³/mol. The van der Waals surface area contributed by atoms with E-state index in [1.165, 1.54) is 29.4 Å². The Hall–Kier alpha value is -1.68. The molecule has 2 N–H and O–H groups in total. The van der Waals surface area contributed by atoms with Gasteiger partial charge in [0, 0.05) is 18.1 Å². The molecule has 2 aliphatic rings. The fourth-order valence-electron chi connectivity index (χ4n) is 2.78. The molecule has 0 bridgehead atoms. The second kappa shape index (κ2) is 3.92. The fraction of sp³-hybridized carbons (Fsp3) is 0.429. The van der Waals surface area contributed by atoms with E-state index in [4.69, 9.17) is 0 Å². The third-order valence-electron chi connectivity index (χ3n) is 3.89. The highest BCUT2D eigenvalue weighted by atomic mass is 14.9. The molecule has 1 aliphatic heterocycles. The predicted octanol–water partition coefficient (Wildman–Crippen LogP) is 2.21. The molecule has 2 aromatic heterocycles. The average molecular weight is 240 g/mol. The number of hydrogen-bond donors (Lipinski definition) is 2. The lowest BCUT2D eigenvalue weighted by Gasteiger charge is -2.14. The lowest BCUT2D eigenvalue weighted by Crippen LogP contribution is -2.20. The highest BCUT2D eigenvalue weighted by Gasteiger charge is 2.28. The number of aromatic nitrogens is 3. The van der Waals surface area contributed by atoms with Crippen LogP contribution < -0.4 is 5.32 Å². The first-order valence-corrected chi connectivity index (χ1v) is 6.65. The van der Waals surface area contributed by atoms with Gasteiger partial charge in [-0.1, -0.05) is 6.08 Å². The van der Waals surface area contributed by atoms with Crippen LogP contribution in [0.2, 0.25) is 0 Å². The Morgan fingerprint density at radius 1 is 1.22 bits per heavy atom. The summed E-state index contributed by atoms with van der Waals surface area (Å²) in [5, 5.41) is 4.61. The summed E-state index contributed by atoms with van der Waals surface area (Å²) >= 11 is 0. The van der Waals surface area contributed by atoms with Gasteiger partial charge in [0.1, 0.15) is 12.0 Å². The first-order chi connectivity index (χ1) is 8.93. The fourth-order valence-corrected chi connectivity index (χ4v) is 2.78. The Kier molecular flexibility index (Phi) is 2.23. The van der Waals surface area contributed by atoms with Gasteiger partial charge >= 0.3 is 0 Å². The molecule has 92 valence electrons. The van der Waals surface area contributed by atoms with Gasteiger partial charge < -0.3 is 10.3 Å². The highest BCUT2D eigenvalue weighted by Crippen LogP contribution is 2.44. The summed E-state index contributed by atoms with van der Waals surface area (Å²) < 4.78 is 0. The van der Waals surface area contributed by atoms with Gasteiger partial charge in [-0.15, -0.1) is 0 Å². The molecule has 0 spiro atoms. The number of H-pyrrole nitrogens is 1. The minimum atomic E-state index is 0.728. The van der Waals surface area contributed by atoms with E-state index in [0.29, 0.717) is 0 Å². The molecule has 0 amide bonds. The Balaban J connectivity index is 1.92. The number of nitrogens with one attached hydrogen (secondary N) is 2. The van der Waals surface area contributed by atoms with Gasteiger partial charge in [0.2, 0.25) is 0 Å². The minimum Gasteiger partial charge on any atom is -0.346 e. The van der Waals surface area contributed by atoms with Gasteiger partial charge in [-0.3, -0.25) is 0 Å². The van der Waals surface area contributed by atoms with Crippen LogP contribution in [0.25, 0.3) is 16.6 Å². The molecule has 0 aromatic carbocycles. The molecule has 1 saturated carbocycles. The van der Waals surface area contributed by atoms with Gasteiger partial charge in [-0.05, 0) is 42.9 Å². The Morgan fingerprint density at radius 3 is 2.94 bits per heavy atom. The van der Waals surface area contributed by atoms with Crippen LogP contribution in [0, 0.1) is 0 Å². The maximum atomic E-state index is 4.55. The molecule has 1 fully saturated rings. The first kappa shape index (κ1) is 10.3. The molecule has 0 radical (unpaired) electrons. The van der Waals surface area contributed by atoms with Crippen molar-refractivity contribution in [3.05, 3.63) is 29.9 Å². The van der Waals surface area contributed by atoms with Crippen molar-refractivity contribution >= 4 is 16.6 Å². The average Bonchev–Trinajstić information content (AvgIpc) is 3.19. The van der Waals surface area contributed by atoms with Crippen molar-refractivity contribution in [1.82, 2.24) is 20.3 Å². The molecule has 2 aromatic rings. The summed E-state index contributed by atoms with van der Waals surface area (Å²) in [5.74, 6) is 0.728. The number of aromatic amines is 1. The molecule has 0 saturated heterocycles. The van der Waals surface area contributed by atoms with Gasteiger partial charge in [-0.2, -0.15) is 0 Å². The Bertz CT molecular complexity index is 622. The summed E-state index contributed by atoms with van der Waals surface area (Å²) in [4.78, 5) is 12.2. The second-order valence-electron chi connectivity index (χ2n) is 5.15. The quantitative estimate of drug-likeness (QED) is 0.846. The van der Waals surface area contributed by atoms with E-state index in [9.17, 15) is 0 Å². The van der Waals surface area contributed by atoms with E-state index in [2.05, 4.69) is 32.5 Å². The van der Waals surface area contributed by atoms with E-state index in [1.807, 2.05) is 0 Å². The minimum absolute atomic E-state index is 0.728. The zero-order valence-corrected chi connectivity index (χ0v) is 10.2. The Morgan fingerprint density at radius 2 is 2.17 bits per heavy atom. The van der Waals surface area contributed by atoms with Gasteiger partial charge in [0.15, 0.2) is 0 Å². The number of fused-ring (bicyclic) bond motifs is 1. The largest absolute Gasteiger partial charge is 0.346 e. The molecular formula is C14H16N4. The van der Waals surface area contributed by atoms with E-state index >= 15 is 0 Å². The first-order valence-electron chi connectivity index (χ1n) is 6.65. The molecule has 0 unspecified atom stereocenters. The lowest BCUT2D eigenvalue weighted by atomic mass is 10.0. The molecule has 4 heteroatoms. The van der Waals surface area contributed by atoms with Crippen LogP contribution in [0.4, 0.5) is 0 Å². The molecule has 4 nitrogen and oxygen atoms in total. The van der Waals surface area contributed by atoms with Gasteiger partial charge in [0.25, 0.3) is 0 Å². The zero-order chi connectivity index (χ0) is 11.9. The van der Waals surface area contributed by atoms with Crippen molar-refractivity contribution in [3.63, 3.8) is 0 Å². The van der Waals surface area contributed by atoms with Crippen LogP contribution >= 0.6 is 0 Å². The molecule has 3 heterocycles. The smallest absolute Gasteiger partial charge is 0.141 e. The number of nitrogens with zero attached hydrogens (tertiary/aromatic N) is 2. The SMILES string of the molecule is C1=C(c2ncnc3[nH]cc(C4CC4)c23)CCNC1. The number of hydrogen-bond acceptors (Lipinski definition) is 3. The summed E-state index contributed by atoms with van der Waals surface area (Å²) in [7, 11) is 0. The topological polar surface area (TPSA) is 53.6 Å². The molecule has 4 rings (SSSR count). The van der Waals surface area contributed by atoms with Crippen LogP contribution in [0.1, 0.15) is 36.4 Å². The van der Waals surface area contributed by atoms with Crippen LogP contribution in [0.5, 0.6) is 0 Å². The van der Waals surface area contributed by atoms with Crippen LogP contribution in [0.15, 0.2) is 18.6 Å². The highest BCUT2D eigenvalue weighted by molar-refractivity contribution is 5.91. The van der Waals surface area contributed by atoms with E-state index in [-0.39, 0.29) is 0 Å². The monoisotopic (exact) mass is 240 g/mol. The second-order valence-corrected chi connectivity index (χ2v) is 5.15. The number of rotatable bonds is 2. The van der Waals surface area contributed by atoms with E-state index in [0.717, 1.165) is 36.8 Å². The summed E-state index contributed by atoms with van der Waals surface area (Å²) in [6.45, 7) is 1.99. The van der Waals surface area contributed by atoms with Gasteiger partial charge in [0.05, 0.1) is 5.69 Å². The Labute approximate surface area is 106 Å². The third-order valence-corrected chi connectivity index (χ3v) is 3.89. The van der Waals surface area contributed by atoms with E-state index < -0.39 is 0 Å².